The Hall–Kier alpha value is -2.97. The molecular formula is C17H12FN3O3S. The van der Waals surface area contributed by atoms with Crippen molar-refractivity contribution >= 4 is 16.3 Å². The van der Waals surface area contributed by atoms with Crippen LogP contribution in [0, 0.1) is 5.82 Å². The fourth-order valence-corrected chi connectivity index (χ4v) is 3.08. The summed E-state index contributed by atoms with van der Waals surface area (Å²) < 4.78 is 37.7. The third-order valence-corrected chi connectivity index (χ3v) is 4.46. The molecule has 1 aromatic carbocycles. The molecule has 2 aromatic heterocycles. The average Bonchev–Trinajstić information content (AvgIpc) is 2.61. The highest BCUT2D eigenvalue weighted by molar-refractivity contribution is 7.89. The molecule has 0 amide bonds. The lowest BCUT2D eigenvalue weighted by Gasteiger charge is -2.09. The van der Waals surface area contributed by atoms with Gasteiger partial charge < -0.3 is 0 Å². The number of aldehydes is 1. The molecule has 0 fully saturated rings. The van der Waals surface area contributed by atoms with Crippen LogP contribution in [0.3, 0.4) is 0 Å². The first-order valence-electron chi connectivity index (χ1n) is 7.09. The Balaban J connectivity index is 2.15. The predicted molar refractivity (Wildman–Crippen MR) is 89.6 cm³/mol. The van der Waals surface area contributed by atoms with Crippen molar-refractivity contribution in [1.82, 2.24) is 9.97 Å². The molecule has 3 aromatic rings. The van der Waals surface area contributed by atoms with Crippen LogP contribution in [0.5, 0.6) is 0 Å². The van der Waals surface area contributed by atoms with E-state index in [1.807, 2.05) is 0 Å². The van der Waals surface area contributed by atoms with Crippen LogP contribution in [-0.4, -0.2) is 24.7 Å². The lowest BCUT2D eigenvalue weighted by molar-refractivity contribution is 0.112. The predicted octanol–water partition coefficient (Wildman–Crippen LogP) is 2.41. The van der Waals surface area contributed by atoms with E-state index in [-0.39, 0.29) is 27.4 Å². The van der Waals surface area contributed by atoms with Crippen molar-refractivity contribution in [2.24, 2.45) is 5.14 Å². The monoisotopic (exact) mass is 357 g/mol. The number of primary sulfonamides is 1. The van der Waals surface area contributed by atoms with Gasteiger partial charge in [-0.2, -0.15) is 0 Å². The van der Waals surface area contributed by atoms with Gasteiger partial charge in [0.15, 0.2) is 0 Å². The van der Waals surface area contributed by atoms with Crippen LogP contribution in [0.25, 0.3) is 22.5 Å². The van der Waals surface area contributed by atoms with E-state index in [1.165, 1.54) is 42.7 Å². The Labute approximate surface area is 143 Å². The number of carbonyl (C=O) groups excluding carboxylic acids is 1. The lowest BCUT2D eigenvalue weighted by atomic mass is 10.0. The maximum absolute atomic E-state index is 14.2. The van der Waals surface area contributed by atoms with Crippen molar-refractivity contribution in [3.8, 4) is 22.5 Å². The zero-order valence-corrected chi connectivity index (χ0v) is 13.6. The highest BCUT2D eigenvalue weighted by atomic mass is 32.2. The summed E-state index contributed by atoms with van der Waals surface area (Å²) in [6.45, 7) is 0. The molecule has 0 aliphatic carbocycles. The van der Waals surface area contributed by atoms with Crippen molar-refractivity contribution < 1.29 is 17.6 Å². The standard InChI is InChI=1S/C17H12FN3O3S/c18-14-8-11(10-22)3-4-13(14)15-9-12(5-7-20-15)17-16(25(19,23)24)2-1-6-21-17/h1-10H,(H2,19,23,24). The third kappa shape index (κ3) is 3.44. The Morgan fingerprint density at radius 2 is 1.84 bits per heavy atom. The Bertz CT molecular complexity index is 1070. The van der Waals surface area contributed by atoms with E-state index in [9.17, 15) is 17.6 Å². The summed E-state index contributed by atoms with van der Waals surface area (Å²) in [5.74, 6) is -0.609. The fraction of sp³-hybridized carbons (Fsp3) is 0. The van der Waals surface area contributed by atoms with Crippen LogP contribution in [0.2, 0.25) is 0 Å². The number of hydrogen-bond acceptors (Lipinski definition) is 5. The quantitative estimate of drug-likeness (QED) is 0.722. The number of pyridine rings is 2. The molecule has 0 unspecified atom stereocenters. The molecular weight excluding hydrogens is 345 g/mol. The highest BCUT2D eigenvalue weighted by Gasteiger charge is 2.17. The van der Waals surface area contributed by atoms with E-state index in [0.29, 0.717) is 11.8 Å². The van der Waals surface area contributed by atoms with Gasteiger partial charge in [-0.05, 0) is 36.4 Å². The van der Waals surface area contributed by atoms with E-state index < -0.39 is 15.8 Å². The summed E-state index contributed by atoms with van der Waals surface area (Å²) in [4.78, 5) is 18.8. The second-order valence-electron chi connectivity index (χ2n) is 5.18. The van der Waals surface area contributed by atoms with Gasteiger partial charge in [-0.15, -0.1) is 0 Å². The van der Waals surface area contributed by atoms with E-state index in [4.69, 9.17) is 5.14 Å². The fourth-order valence-electron chi connectivity index (χ4n) is 2.37. The molecule has 2 N–H and O–H groups in total. The van der Waals surface area contributed by atoms with Crippen LogP contribution in [0.1, 0.15) is 10.4 Å². The number of rotatable bonds is 4. The zero-order chi connectivity index (χ0) is 18.0. The summed E-state index contributed by atoms with van der Waals surface area (Å²) in [6, 6.07) is 9.88. The SMILES string of the molecule is NS(=O)(=O)c1cccnc1-c1ccnc(-c2ccc(C=O)cc2F)c1. The Morgan fingerprint density at radius 1 is 1.04 bits per heavy atom. The van der Waals surface area contributed by atoms with Crippen LogP contribution in [-0.2, 0) is 10.0 Å². The molecule has 0 saturated carbocycles. The number of halogens is 1. The van der Waals surface area contributed by atoms with Crippen molar-refractivity contribution in [1.29, 1.82) is 0 Å². The Kier molecular flexibility index (Phi) is 4.39. The number of carbonyl (C=O) groups is 1. The first-order chi connectivity index (χ1) is 11.9. The number of nitrogens with two attached hydrogens (primary N) is 1. The van der Waals surface area contributed by atoms with Gasteiger partial charge in [0.05, 0.1) is 11.4 Å². The largest absolute Gasteiger partial charge is 0.298 e. The lowest BCUT2D eigenvalue weighted by Crippen LogP contribution is -2.14. The van der Waals surface area contributed by atoms with E-state index >= 15 is 0 Å². The van der Waals surface area contributed by atoms with Gasteiger partial charge in [0.25, 0.3) is 0 Å². The van der Waals surface area contributed by atoms with Gasteiger partial charge in [0.1, 0.15) is 17.0 Å². The van der Waals surface area contributed by atoms with Gasteiger partial charge in [0.2, 0.25) is 10.0 Å². The van der Waals surface area contributed by atoms with E-state index in [0.717, 1.165) is 6.07 Å². The minimum Gasteiger partial charge on any atom is -0.298 e. The van der Waals surface area contributed by atoms with Gasteiger partial charge in [-0.3, -0.25) is 14.8 Å². The maximum Gasteiger partial charge on any atom is 0.240 e. The van der Waals surface area contributed by atoms with Crippen molar-refractivity contribution in [2.45, 2.75) is 4.90 Å². The highest BCUT2D eigenvalue weighted by Crippen LogP contribution is 2.28. The summed E-state index contributed by atoms with van der Waals surface area (Å²) in [7, 11) is -3.97. The molecule has 0 aliphatic rings. The summed E-state index contributed by atoms with van der Waals surface area (Å²) >= 11 is 0. The molecule has 25 heavy (non-hydrogen) atoms. The molecule has 0 radical (unpaired) electrons. The normalized spacial score (nSPS) is 11.3. The van der Waals surface area contributed by atoms with Crippen molar-refractivity contribution in [2.75, 3.05) is 0 Å². The number of nitrogens with zero attached hydrogens (tertiary/aromatic N) is 2. The first-order valence-corrected chi connectivity index (χ1v) is 8.64. The van der Waals surface area contributed by atoms with E-state index in [2.05, 4.69) is 9.97 Å². The summed E-state index contributed by atoms with van der Waals surface area (Å²) in [5, 5.41) is 5.22. The Morgan fingerprint density at radius 3 is 2.52 bits per heavy atom. The minimum atomic E-state index is -3.97. The molecule has 0 saturated heterocycles. The van der Waals surface area contributed by atoms with Crippen LogP contribution in [0.4, 0.5) is 4.39 Å². The van der Waals surface area contributed by atoms with Crippen molar-refractivity contribution in [3.63, 3.8) is 0 Å². The number of aromatic nitrogens is 2. The molecule has 6 nitrogen and oxygen atoms in total. The third-order valence-electron chi connectivity index (χ3n) is 3.52. The van der Waals surface area contributed by atoms with Crippen LogP contribution in [0.15, 0.2) is 59.8 Å². The second-order valence-corrected chi connectivity index (χ2v) is 6.71. The van der Waals surface area contributed by atoms with E-state index in [1.54, 1.807) is 6.07 Å². The second kappa shape index (κ2) is 6.50. The van der Waals surface area contributed by atoms with Gasteiger partial charge in [-0.1, -0.05) is 6.07 Å². The van der Waals surface area contributed by atoms with Gasteiger partial charge in [-0.25, -0.2) is 17.9 Å². The number of benzene rings is 1. The number of hydrogen-bond donors (Lipinski definition) is 1. The molecule has 2 heterocycles. The average molecular weight is 357 g/mol. The smallest absolute Gasteiger partial charge is 0.240 e. The first kappa shape index (κ1) is 16.9. The van der Waals surface area contributed by atoms with Crippen molar-refractivity contribution in [3.05, 3.63) is 66.2 Å². The van der Waals surface area contributed by atoms with Gasteiger partial charge in [0, 0.05) is 29.1 Å². The molecule has 3 rings (SSSR count). The minimum absolute atomic E-state index is 0.135. The maximum atomic E-state index is 14.2. The topological polar surface area (TPSA) is 103 Å². The summed E-state index contributed by atoms with van der Waals surface area (Å²) in [6.07, 6.45) is 3.39. The molecule has 8 heteroatoms. The van der Waals surface area contributed by atoms with Crippen LogP contribution >= 0.6 is 0 Å². The molecule has 126 valence electrons. The molecule has 0 spiro atoms. The summed E-state index contributed by atoms with van der Waals surface area (Å²) in [5.41, 5.74) is 1.24. The number of sulfonamides is 1. The molecule has 0 bridgehead atoms. The van der Waals surface area contributed by atoms with Gasteiger partial charge >= 0.3 is 0 Å². The molecule has 0 atom stereocenters. The molecule has 0 aliphatic heterocycles. The van der Waals surface area contributed by atoms with Crippen LogP contribution < -0.4 is 5.14 Å². The zero-order valence-electron chi connectivity index (χ0n) is 12.8.